The molecule has 2 heteroatoms. The predicted molar refractivity (Wildman–Crippen MR) is 83.3 cm³/mol. The number of rotatable bonds is 3. The van der Waals surface area contributed by atoms with Gasteiger partial charge in [-0.25, -0.2) is 0 Å². The molecule has 0 saturated heterocycles. The van der Waals surface area contributed by atoms with Crippen LogP contribution in [0.2, 0.25) is 0 Å². The molecule has 2 nitrogen and oxygen atoms in total. The van der Waals surface area contributed by atoms with E-state index in [2.05, 4.69) is 67.3 Å². The number of fused-ring (bicyclic) bond motifs is 1. The minimum Gasteiger partial charge on any atom is -0.326 e. The van der Waals surface area contributed by atoms with Crippen molar-refractivity contribution in [2.45, 2.75) is 39.0 Å². The first-order valence-electron chi connectivity index (χ1n) is 7.28. The van der Waals surface area contributed by atoms with Gasteiger partial charge in [-0.1, -0.05) is 54.1 Å². The molecule has 0 bridgehead atoms. The number of nitrogens with zero attached hydrogens (tertiary/aromatic N) is 1. The highest BCUT2D eigenvalue weighted by molar-refractivity contribution is 5.33. The zero-order valence-corrected chi connectivity index (χ0v) is 12.2. The Morgan fingerprint density at radius 2 is 1.65 bits per heavy atom. The fourth-order valence-electron chi connectivity index (χ4n) is 3.26. The molecule has 1 heterocycles. The maximum atomic E-state index is 6.29. The molecule has 0 radical (unpaired) electrons. The lowest BCUT2D eigenvalue weighted by atomic mass is 9.98. The van der Waals surface area contributed by atoms with Crippen LogP contribution in [0.15, 0.2) is 48.5 Å². The van der Waals surface area contributed by atoms with E-state index >= 15 is 0 Å². The summed E-state index contributed by atoms with van der Waals surface area (Å²) < 4.78 is 0. The molecule has 0 spiro atoms. The third-order valence-corrected chi connectivity index (χ3v) is 4.14. The number of hydrogen-bond acceptors (Lipinski definition) is 2. The molecule has 1 aliphatic rings. The summed E-state index contributed by atoms with van der Waals surface area (Å²) in [4.78, 5) is 2.49. The topological polar surface area (TPSA) is 29.3 Å². The van der Waals surface area contributed by atoms with Gasteiger partial charge in [-0.05, 0) is 30.5 Å². The van der Waals surface area contributed by atoms with Crippen molar-refractivity contribution in [2.75, 3.05) is 0 Å². The van der Waals surface area contributed by atoms with E-state index in [1.54, 1.807) is 0 Å². The van der Waals surface area contributed by atoms with Gasteiger partial charge in [-0.3, -0.25) is 4.90 Å². The van der Waals surface area contributed by atoms with E-state index in [0.29, 0.717) is 0 Å². The third-order valence-electron chi connectivity index (χ3n) is 4.14. The maximum absolute atomic E-state index is 6.29. The van der Waals surface area contributed by atoms with Gasteiger partial charge < -0.3 is 5.73 Å². The largest absolute Gasteiger partial charge is 0.326 e. The molecule has 1 aliphatic heterocycles. The van der Waals surface area contributed by atoms with Gasteiger partial charge in [0.2, 0.25) is 0 Å². The van der Waals surface area contributed by atoms with E-state index in [0.717, 1.165) is 13.1 Å². The minimum atomic E-state index is 0.117. The van der Waals surface area contributed by atoms with Crippen LogP contribution in [0, 0.1) is 6.92 Å². The van der Waals surface area contributed by atoms with Crippen LogP contribution in [0.5, 0.6) is 0 Å². The summed E-state index contributed by atoms with van der Waals surface area (Å²) in [5.74, 6) is 0. The Morgan fingerprint density at radius 1 is 1.00 bits per heavy atom. The lowest BCUT2D eigenvalue weighted by Crippen LogP contribution is -2.36. The second-order valence-electron chi connectivity index (χ2n) is 5.89. The van der Waals surface area contributed by atoms with Crippen LogP contribution < -0.4 is 5.73 Å². The van der Waals surface area contributed by atoms with Crippen molar-refractivity contribution in [3.05, 3.63) is 70.8 Å². The monoisotopic (exact) mass is 266 g/mol. The van der Waals surface area contributed by atoms with Crippen LogP contribution >= 0.6 is 0 Å². The minimum absolute atomic E-state index is 0.117. The fraction of sp³-hybridized carbons (Fsp3) is 0.333. The predicted octanol–water partition coefficient (Wildman–Crippen LogP) is 3.40. The van der Waals surface area contributed by atoms with Gasteiger partial charge in [0, 0.05) is 19.1 Å². The van der Waals surface area contributed by atoms with Crippen molar-refractivity contribution in [3.8, 4) is 0 Å². The molecule has 0 amide bonds. The molecule has 0 aromatic heterocycles. The second kappa shape index (κ2) is 5.39. The van der Waals surface area contributed by atoms with Gasteiger partial charge in [-0.2, -0.15) is 0 Å². The molecule has 0 fully saturated rings. The summed E-state index contributed by atoms with van der Waals surface area (Å²) in [7, 11) is 0. The van der Waals surface area contributed by atoms with Crippen LogP contribution in [-0.2, 0) is 13.1 Å². The first-order chi connectivity index (χ1) is 9.65. The van der Waals surface area contributed by atoms with Crippen LogP contribution in [0.25, 0.3) is 0 Å². The van der Waals surface area contributed by atoms with Crippen molar-refractivity contribution in [1.29, 1.82) is 0 Å². The molecule has 3 rings (SSSR count). The van der Waals surface area contributed by atoms with Crippen LogP contribution in [-0.4, -0.2) is 10.9 Å². The third kappa shape index (κ3) is 2.49. The number of nitrogens with two attached hydrogens (primary N) is 1. The standard InChI is InChI=1S/C18H22N2/c1-13-6-5-9-15(10-13)18(14(2)19)20-11-16-7-3-4-8-17(16)12-20/h3-10,14,18H,11-12,19H2,1-2H3. The summed E-state index contributed by atoms with van der Waals surface area (Å²) in [6, 6.07) is 17.8. The quantitative estimate of drug-likeness (QED) is 0.922. The van der Waals surface area contributed by atoms with E-state index in [1.165, 1.54) is 22.3 Å². The Kier molecular flexibility index (Phi) is 3.60. The van der Waals surface area contributed by atoms with Crippen molar-refractivity contribution in [2.24, 2.45) is 5.73 Å². The van der Waals surface area contributed by atoms with Gasteiger partial charge in [0.25, 0.3) is 0 Å². The highest BCUT2D eigenvalue weighted by atomic mass is 15.2. The summed E-state index contributed by atoms with van der Waals surface area (Å²) in [5, 5.41) is 0. The summed E-state index contributed by atoms with van der Waals surface area (Å²) in [6.45, 7) is 6.24. The van der Waals surface area contributed by atoms with E-state index in [1.807, 2.05) is 0 Å². The fourth-order valence-corrected chi connectivity index (χ4v) is 3.26. The van der Waals surface area contributed by atoms with Crippen molar-refractivity contribution in [1.82, 2.24) is 4.90 Å². The van der Waals surface area contributed by atoms with Gasteiger partial charge in [-0.15, -0.1) is 0 Å². The average molecular weight is 266 g/mol. The zero-order valence-electron chi connectivity index (χ0n) is 12.2. The van der Waals surface area contributed by atoms with Crippen molar-refractivity contribution < 1.29 is 0 Å². The van der Waals surface area contributed by atoms with Crippen LogP contribution in [0.1, 0.15) is 35.2 Å². The molecular formula is C18H22N2. The normalized spacial score (nSPS) is 17.8. The van der Waals surface area contributed by atoms with Gasteiger partial charge in [0.05, 0.1) is 6.04 Å². The van der Waals surface area contributed by atoms with Gasteiger partial charge in [0.1, 0.15) is 0 Å². The molecule has 2 aromatic rings. The molecule has 0 aliphatic carbocycles. The first kappa shape index (κ1) is 13.3. The van der Waals surface area contributed by atoms with Gasteiger partial charge >= 0.3 is 0 Å². The molecule has 2 unspecified atom stereocenters. The molecule has 104 valence electrons. The van der Waals surface area contributed by atoms with Crippen molar-refractivity contribution >= 4 is 0 Å². The second-order valence-corrected chi connectivity index (χ2v) is 5.89. The first-order valence-corrected chi connectivity index (χ1v) is 7.28. The summed E-state index contributed by atoms with van der Waals surface area (Å²) >= 11 is 0. The Labute approximate surface area is 121 Å². The van der Waals surface area contributed by atoms with Gasteiger partial charge in [0.15, 0.2) is 0 Å². The maximum Gasteiger partial charge on any atom is 0.0503 e. The molecule has 0 saturated carbocycles. The molecule has 2 atom stereocenters. The Morgan fingerprint density at radius 3 is 2.20 bits per heavy atom. The molecule has 20 heavy (non-hydrogen) atoms. The number of benzene rings is 2. The van der Waals surface area contributed by atoms with E-state index < -0.39 is 0 Å². The Balaban J connectivity index is 1.90. The number of hydrogen-bond donors (Lipinski definition) is 1. The van der Waals surface area contributed by atoms with Crippen LogP contribution in [0.4, 0.5) is 0 Å². The number of aryl methyl sites for hydroxylation is 1. The Hall–Kier alpha value is -1.64. The SMILES string of the molecule is Cc1cccc(C(C(C)N)N2Cc3ccccc3C2)c1. The molecular weight excluding hydrogens is 244 g/mol. The summed E-state index contributed by atoms with van der Waals surface area (Å²) in [6.07, 6.45) is 0. The van der Waals surface area contributed by atoms with Crippen molar-refractivity contribution in [3.63, 3.8) is 0 Å². The van der Waals surface area contributed by atoms with E-state index in [9.17, 15) is 0 Å². The Bertz CT molecular complexity index is 579. The smallest absolute Gasteiger partial charge is 0.0503 e. The lowest BCUT2D eigenvalue weighted by molar-refractivity contribution is 0.178. The van der Waals surface area contributed by atoms with E-state index in [-0.39, 0.29) is 12.1 Å². The summed E-state index contributed by atoms with van der Waals surface area (Å²) in [5.41, 5.74) is 11.8. The van der Waals surface area contributed by atoms with E-state index in [4.69, 9.17) is 5.73 Å². The average Bonchev–Trinajstić information content (AvgIpc) is 2.81. The van der Waals surface area contributed by atoms with Crippen LogP contribution in [0.3, 0.4) is 0 Å². The molecule has 2 aromatic carbocycles. The lowest BCUT2D eigenvalue weighted by Gasteiger charge is -2.31. The highest BCUT2D eigenvalue weighted by Crippen LogP contribution is 2.33. The molecule has 2 N–H and O–H groups in total. The zero-order chi connectivity index (χ0) is 14.1. The highest BCUT2D eigenvalue weighted by Gasteiger charge is 2.29.